The van der Waals surface area contributed by atoms with Crippen molar-refractivity contribution in [3.63, 3.8) is 0 Å². The van der Waals surface area contributed by atoms with Crippen LogP contribution < -0.4 is 5.01 Å². The number of benzene rings is 1. The molecule has 0 atom stereocenters. The van der Waals surface area contributed by atoms with Gasteiger partial charge in [0, 0.05) is 35.9 Å². The van der Waals surface area contributed by atoms with Crippen molar-refractivity contribution in [2.24, 2.45) is 0 Å². The van der Waals surface area contributed by atoms with Crippen molar-refractivity contribution in [3.05, 3.63) is 52.5 Å². The molecule has 0 unspecified atom stereocenters. The van der Waals surface area contributed by atoms with Gasteiger partial charge < -0.3 is 4.74 Å². The summed E-state index contributed by atoms with van der Waals surface area (Å²) in [4.78, 5) is 15.6. The van der Waals surface area contributed by atoms with Crippen molar-refractivity contribution >= 4 is 29.3 Å². The van der Waals surface area contributed by atoms with Crippen LogP contribution in [-0.2, 0) is 11.2 Å². The second kappa shape index (κ2) is 6.63. The van der Waals surface area contributed by atoms with E-state index in [-0.39, 0.29) is 6.61 Å². The molecular weight excluding hydrogens is 301 g/mol. The number of halogens is 2. The summed E-state index contributed by atoms with van der Waals surface area (Å²) in [5.74, 6) is 0. The molecule has 0 saturated carbocycles. The molecule has 0 fully saturated rings. The molecule has 20 heavy (non-hydrogen) atoms. The molecule has 7 heteroatoms. The molecule has 0 aliphatic heterocycles. The summed E-state index contributed by atoms with van der Waals surface area (Å²) in [5.41, 5.74) is 0.883. The highest BCUT2D eigenvalue weighted by Gasteiger charge is 2.11. The second-order valence-electron chi connectivity index (χ2n) is 4.07. The van der Waals surface area contributed by atoms with Crippen LogP contribution in [0.2, 0.25) is 10.0 Å². The molecule has 0 aliphatic rings. The van der Waals surface area contributed by atoms with Gasteiger partial charge in [0.25, 0.3) is 0 Å². The number of ether oxygens (including phenoxy) is 1. The molecule has 0 bridgehead atoms. The average molecular weight is 314 g/mol. The molecule has 106 valence electrons. The normalized spacial score (nSPS) is 10.3. The van der Waals surface area contributed by atoms with Crippen LogP contribution in [0.15, 0.2) is 36.9 Å². The molecule has 2 rings (SSSR count). The molecule has 0 radical (unpaired) electrons. The van der Waals surface area contributed by atoms with E-state index in [2.05, 4.69) is 4.98 Å². The largest absolute Gasteiger partial charge is 0.448 e. The predicted molar refractivity (Wildman–Crippen MR) is 77.9 cm³/mol. The summed E-state index contributed by atoms with van der Waals surface area (Å²) >= 11 is 11.9. The van der Waals surface area contributed by atoms with Gasteiger partial charge in [-0.3, -0.25) is 0 Å². The molecule has 5 nitrogen and oxygen atoms in total. The van der Waals surface area contributed by atoms with Gasteiger partial charge in [-0.1, -0.05) is 29.3 Å². The first-order chi connectivity index (χ1) is 9.58. The molecule has 1 aromatic carbocycles. The van der Waals surface area contributed by atoms with Crippen molar-refractivity contribution in [2.45, 2.75) is 6.42 Å². The van der Waals surface area contributed by atoms with E-state index in [1.54, 1.807) is 31.6 Å². The molecule has 0 aliphatic carbocycles. The third kappa shape index (κ3) is 3.65. The van der Waals surface area contributed by atoms with Crippen LogP contribution in [0.4, 0.5) is 4.79 Å². The molecule has 0 saturated heterocycles. The Kier molecular flexibility index (Phi) is 4.87. The molecule has 2 aromatic rings. The van der Waals surface area contributed by atoms with Crippen LogP contribution in [0.3, 0.4) is 0 Å². The number of hydrogen-bond donors (Lipinski definition) is 0. The summed E-state index contributed by atoms with van der Waals surface area (Å²) in [6, 6.07) is 5.23. The van der Waals surface area contributed by atoms with Gasteiger partial charge in [0.15, 0.2) is 0 Å². The van der Waals surface area contributed by atoms with Gasteiger partial charge in [0.2, 0.25) is 0 Å². The highest BCUT2D eigenvalue weighted by atomic mass is 35.5. The first-order valence-electron chi connectivity index (χ1n) is 5.90. The Bertz CT molecular complexity index is 587. The number of carbonyl (C=O) groups excluding carboxylic acids is 1. The number of amides is 1. The van der Waals surface area contributed by atoms with Gasteiger partial charge >= 0.3 is 6.09 Å². The number of imidazole rings is 1. The summed E-state index contributed by atoms with van der Waals surface area (Å²) in [5, 5.41) is 2.46. The summed E-state index contributed by atoms with van der Waals surface area (Å²) in [6.45, 7) is 0.235. The molecular formula is C13H13Cl2N3O2. The lowest BCUT2D eigenvalue weighted by Crippen LogP contribution is -2.36. The zero-order chi connectivity index (χ0) is 14.5. The minimum absolute atomic E-state index is 0.235. The maximum atomic E-state index is 11.8. The molecule has 1 heterocycles. The van der Waals surface area contributed by atoms with E-state index < -0.39 is 6.09 Å². The maximum absolute atomic E-state index is 11.8. The summed E-state index contributed by atoms with van der Waals surface area (Å²) < 4.78 is 6.69. The standard InChI is InChI=1S/C13H13Cl2N3O2/c1-17(18-6-5-16-9-18)13(19)20-7-4-10-2-3-11(14)8-12(10)15/h2-3,5-6,8-9H,4,7H2,1H3. The average Bonchev–Trinajstić information content (AvgIpc) is 2.94. The Morgan fingerprint density at radius 3 is 2.90 bits per heavy atom. The second-order valence-corrected chi connectivity index (χ2v) is 4.91. The number of rotatable bonds is 4. The Morgan fingerprint density at radius 1 is 1.45 bits per heavy atom. The van der Waals surface area contributed by atoms with E-state index in [1.165, 1.54) is 16.0 Å². The molecule has 0 spiro atoms. The van der Waals surface area contributed by atoms with Gasteiger partial charge in [0.05, 0.1) is 6.61 Å². The van der Waals surface area contributed by atoms with Crippen molar-refractivity contribution in [1.82, 2.24) is 9.66 Å². The number of hydrogen-bond acceptors (Lipinski definition) is 3. The van der Waals surface area contributed by atoms with Crippen molar-refractivity contribution < 1.29 is 9.53 Å². The minimum Gasteiger partial charge on any atom is -0.448 e. The van der Waals surface area contributed by atoms with E-state index in [9.17, 15) is 4.79 Å². The highest BCUT2D eigenvalue weighted by molar-refractivity contribution is 6.35. The fourth-order valence-corrected chi connectivity index (χ4v) is 2.09. The third-order valence-electron chi connectivity index (χ3n) is 2.71. The van der Waals surface area contributed by atoms with Crippen LogP contribution in [0, 0.1) is 0 Å². The Morgan fingerprint density at radius 2 is 2.25 bits per heavy atom. The maximum Gasteiger partial charge on any atom is 0.428 e. The lowest BCUT2D eigenvalue weighted by Gasteiger charge is -2.17. The SMILES string of the molecule is CN(C(=O)OCCc1ccc(Cl)cc1Cl)n1ccnc1. The molecule has 1 amide bonds. The van der Waals surface area contributed by atoms with E-state index in [1.807, 2.05) is 6.07 Å². The van der Waals surface area contributed by atoms with Crippen LogP contribution in [0.1, 0.15) is 5.56 Å². The van der Waals surface area contributed by atoms with Gasteiger partial charge in [-0.15, -0.1) is 0 Å². The van der Waals surface area contributed by atoms with Crippen LogP contribution in [-0.4, -0.2) is 29.4 Å². The van der Waals surface area contributed by atoms with Gasteiger partial charge in [-0.2, -0.15) is 0 Å². The van der Waals surface area contributed by atoms with Gasteiger partial charge in [-0.05, 0) is 17.7 Å². The number of nitrogens with zero attached hydrogens (tertiary/aromatic N) is 3. The number of aromatic nitrogens is 2. The molecule has 0 N–H and O–H groups in total. The quantitative estimate of drug-likeness (QED) is 0.871. The van der Waals surface area contributed by atoms with Crippen molar-refractivity contribution in [3.8, 4) is 0 Å². The monoisotopic (exact) mass is 313 g/mol. The minimum atomic E-state index is -0.465. The van der Waals surface area contributed by atoms with Crippen LogP contribution in [0.5, 0.6) is 0 Å². The van der Waals surface area contributed by atoms with Crippen molar-refractivity contribution in [1.29, 1.82) is 0 Å². The first kappa shape index (κ1) is 14.7. The Labute approximate surface area is 126 Å². The van der Waals surface area contributed by atoms with Crippen LogP contribution in [0.25, 0.3) is 0 Å². The fraction of sp³-hybridized carbons (Fsp3) is 0.231. The first-order valence-corrected chi connectivity index (χ1v) is 6.66. The van der Waals surface area contributed by atoms with E-state index in [4.69, 9.17) is 27.9 Å². The predicted octanol–water partition coefficient (Wildman–Crippen LogP) is 3.14. The highest BCUT2D eigenvalue weighted by Crippen LogP contribution is 2.21. The Balaban J connectivity index is 1.85. The van der Waals surface area contributed by atoms with E-state index >= 15 is 0 Å². The molecule has 1 aromatic heterocycles. The van der Waals surface area contributed by atoms with Gasteiger partial charge in [0.1, 0.15) is 6.33 Å². The zero-order valence-electron chi connectivity index (χ0n) is 10.8. The topological polar surface area (TPSA) is 47.4 Å². The van der Waals surface area contributed by atoms with Crippen LogP contribution >= 0.6 is 23.2 Å². The lowest BCUT2D eigenvalue weighted by molar-refractivity contribution is 0.150. The third-order valence-corrected chi connectivity index (χ3v) is 3.30. The number of carbonyl (C=O) groups is 1. The smallest absolute Gasteiger partial charge is 0.428 e. The lowest BCUT2D eigenvalue weighted by atomic mass is 10.2. The van der Waals surface area contributed by atoms with E-state index in [0.29, 0.717) is 16.5 Å². The van der Waals surface area contributed by atoms with Crippen molar-refractivity contribution in [2.75, 3.05) is 18.7 Å². The van der Waals surface area contributed by atoms with Gasteiger partial charge in [-0.25, -0.2) is 19.5 Å². The zero-order valence-corrected chi connectivity index (χ0v) is 12.3. The summed E-state index contributed by atoms with van der Waals surface area (Å²) in [6.07, 6.45) is 4.80. The summed E-state index contributed by atoms with van der Waals surface area (Å²) in [7, 11) is 1.60. The van der Waals surface area contributed by atoms with E-state index in [0.717, 1.165) is 5.56 Å². The fourth-order valence-electron chi connectivity index (χ4n) is 1.59. The Hall–Kier alpha value is -1.72.